The van der Waals surface area contributed by atoms with E-state index < -0.39 is 18.3 Å². The second kappa shape index (κ2) is 30.2. The lowest BCUT2D eigenvalue weighted by atomic mass is 9.85. The van der Waals surface area contributed by atoms with Crippen LogP contribution in [0, 0.1) is 26.7 Å². The van der Waals surface area contributed by atoms with Crippen molar-refractivity contribution in [3.05, 3.63) is 246 Å². The summed E-state index contributed by atoms with van der Waals surface area (Å²) in [6.07, 6.45) is 18.9. The van der Waals surface area contributed by atoms with Gasteiger partial charge in [0.25, 0.3) is 0 Å². The largest absolute Gasteiger partial charge is 0.391 e. The van der Waals surface area contributed by atoms with E-state index in [4.69, 9.17) is 11.6 Å². The lowest BCUT2D eigenvalue weighted by Crippen LogP contribution is -2.31. The molecule has 1 fully saturated rings. The molecule has 0 radical (unpaired) electrons. The van der Waals surface area contributed by atoms with E-state index in [2.05, 4.69) is 157 Å². The predicted octanol–water partition coefficient (Wildman–Crippen LogP) is 14.8. The number of hydrogen-bond donors (Lipinski definition) is 5. The highest BCUT2D eigenvalue weighted by molar-refractivity contribution is 6.31. The highest BCUT2D eigenvalue weighted by Crippen LogP contribution is 2.39. The second-order valence-corrected chi connectivity index (χ2v) is 29.7. The first-order valence-electron chi connectivity index (χ1n) is 36.3. The number of hydrogen-bond acceptors (Lipinski definition) is 10. The Hall–Kier alpha value is -8.22. The van der Waals surface area contributed by atoms with Crippen LogP contribution in [0.4, 0.5) is 0 Å². The van der Waals surface area contributed by atoms with Crippen molar-refractivity contribution in [3.8, 4) is 0 Å². The summed E-state index contributed by atoms with van der Waals surface area (Å²) in [4.78, 5) is 29.6. The summed E-state index contributed by atoms with van der Waals surface area (Å²) >= 11 is 6.21. The lowest BCUT2D eigenvalue weighted by molar-refractivity contribution is 0.0697. The van der Waals surface area contributed by atoms with Gasteiger partial charge >= 0.3 is 0 Å². The van der Waals surface area contributed by atoms with E-state index in [0.717, 1.165) is 111 Å². The molecule has 4 atom stereocenters. The third-order valence-corrected chi connectivity index (χ3v) is 22.3. The van der Waals surface area contributed by atoms with Gasteiger partial charge in [-0.15, -0.1) is 0 Å². The molecule has 5 aliphatic rings. The molecule has 3 aliphatic heterocycles. The van der Waals surface area contributed by atoms with Crippen LogP contribution in [0.1, 0.15) is 142 Å². The summed E-state index contributed by atoms with van der Waals surface area (Å²) < 4.78 is 9.32. The Morgan fingerprint density at radius 3 is 1.52 bits per heavy atom. The van der Waals surface area contributed by atoms with Crippen LogP contribution in [0.3, 0.4) is 0 Å². The maximum Gasteiger partial charge on any atom is 0.247 e. The number of para-hydroxylation sites is 1. The molecule has 17 rings (SSSR count). The normalized spacial score (nSPS) is 17.1. The summed E-state index contributed by atoms with van der Waals surface area (Å²) in [6, 6.07) is 43.0. The Balaban J connectivity index is 0.000000114. The van der Waals surface area contributed by atoms with Crippen LogP contribution in [0.25, 0.3) is 54.5 Å². The molecule has 7 aromatic heterocycles. The van der Waals surface area contributed by atoms with Crippen LogP contribution in [-0.2, 0) is 77.9 Å². The van der Waals surface area contributed by atoms with E-state index in [1.165, 1.54) is 156 Å². The third-order valence-electron chi connectivity index (χ3n) is 22.1. The Kier molecular flexibility index (Phi) is 20.8. The summed E-state index contributed by atoms with van der Waals surface area (Å²) in [5, 5.41) is 50.5. The molecule has 0 amide bonds. The molecule has 5 N–H and O–H groups in total. The van der Waals surface area contributed by atoms with E-state index in [9.17, 15) is 25.2 Å². The average Bonchev–Trinajstić information content (AvgIpc) is 1.61. The minimum atomic E-state index is -0.655. The average molecular weight is 1360 g/mol. The van der Waals surface area contributed by atoms with E-state index in [0.29, 0.717) is 25.6 Å². The van der Waals surface area contributed by atoms with Crippen molar-refractivity contribution >= 4 is 66.1 Å². The molecule has 1 saturated carbocycles. The van der Waals surface area contributed by atoms with Crippen LogP contribution in [0.2, 0.25) is 5.02 Å². The number of aromatic nitrogens is 7. The summed E-state index contributed by atoms with van der Waals surface area (Å²) in [6.45, 7) is 14.9. The first kappa shape index (κ1) is 68.9. The SMILES string of the molecule is Cc1ccc2c(c1)c1c(n2CC(O)C2CCCCC2)CCN(C)C1.Cc1ccc2c(c1)c1c(n2CC(O)c2ccc(=O)[nH]c2)CCN(C)C1.Cc1ccc2c(c1)c1c(n2CC(O)c2ccnc3ccccc23)CCN(C)C1.OC(Cn1c2c(c3cc(Cl)ccc31)CCCC2)c1cccnc1. The summed E-state index contributed by atoms with van der Waals surface area (Å²) in [7, 11) is 6.54. The van der Waals surface area contributed by atoms with Gasteiger partial charge in [0, 0.05) is 178 Å². The number of H-pyrrole nitrogens is 1. The van der Waals surface area contributed by atoms with Gasteiger partial charge in [-0.05, 0) is 199 Å². The highest BCUT2D eigenvalue weighted by atomic mass is 35.5. The predicted molar refractivity (Wildman–Crippen MR) is 404 cm³/mol. The summed E-state index contributed by atoms with van der Waals surface area (Å²) in [5.74, 6) is 0.489. The van der Waals surface area contributed by atoms with Crippen LogP contribution < -0.4 is 5.56 Å². The molecular weight excluding hydrogens is 1260 g/mol. The van der Waals surface area contributed by atoms with Gasteiger partial charge in [0.1, 0.15) is 0 Å². The fourth-order valence-corrected chi connectivity index (χ4v) is 17.0. The Bertz CT molecular complexity index is 4940. The Labute approximate surface area is 591 Å². The van der Waals surface area contributed by atoms with Crippen molar-refractivity contribution in [2.75, 3.05) is 40.8 Å². The smallest absolute Gasteiger partial charge is 0.247 e. The number of halogens is 1. The van der Waals surface area contributed by atoms with Crippen molar-refractivity contribution in [1.82, 2.24) is 47.9 Å². The van der Waals surface area contributed by atoms with Crippen molar-refractivity contribution in [2.24, 2.45) is 5.92 Å². The van der Waals surface area contributed by atoms with Crippen LogP contribution in [-0.4, -0.2) is 115 Å². The molecule has 15 nitrogen and oxygen atoms in total. The zero-order chi connectivity index (χ0) is 69.3. The van der Waals surface area contributed by atoms with E-state index in [-0.39, 0.29) is 11.7 Å². The minimum Gasteiger partial charge on any atom is -0.391 e. The number of nitrogens with one attached hydrogen (secondary N) is 1. The van der Waals surface area contributed by atoms with E-state index in [1.54, 1.807) is 30.9 Å². The standard InChI is InChI=1S/C24H25N3O.C21H30N2O.C20H23N3O2.C19H19ClN2O/c1-16-7-8-22-19(13-16)20-14-26(2)12-10-23(20)27(22)15-24(28)18-9-11-25-21-6-4-3-5-17(18)21;1-15-8-9-19-17(12-15)18-13-22(2)11-10-20(18)23(19)14-21(24)16-6-4-3-5-7-16;1-13-3-5-17-15(9-13)16-11-22(2)8-7-18(16)23(17)12-19(24)14-4-6-20(25)21-10-14;20-14-7-8-18-16(10-14)15-5-1-2-6-17(15)22(18)12-19(23)13-4-3-9-21-11-13/h3-9,11,13,24,28H,10,12,14-15H2,1-2H3;8-9,12,16,21,24H,3-7,10-11,13-14H2,1-2H3;3-6,9-10,19,24H,7-8,11-12H2,1-2H3,(H,21,25);3-4,7-11,19,23H,1-2,5-6,12H2. The number of rotatable bonds is 12. The monoisotopic (exact) mass is 1360 g/mol. The first-order valence-corrected chi connectivity index (χ1v) is 36.7. The summed E-state index contributed by atoms with van der Waals surface area (Å²) in [5.41, 5.74) is 23.2. The quantitative estimate of drug-likeness (QED) is 0.0794. The molecule has 4 unspecified atom stereocenters. The number of aromatic amines is 1. The Morgan fingerprint density at radius 1 is 0.480 bits per heavy atom. The van der Waals surface area contributed by atoms with Crippen molar-refractivity contribution in [3.63, 3.8) is 0 Å². The molecule has 0 spiro atoms. The second-order valence-electron chi connectivity index (χ2n) is 29.2. The molecule has 100 heavy (non-hydrogen) atoms. The van der Waals surface area contributed by atoms with Gasteiger partial charge in [0.05, 0.1) is 49.6 Å². The van der Waals surface area contributed by atoms with Gasteiger partial charge in [-0.2, -0.15) is 0 Å². The minimum absolute atomic E-state index is 0.154. The van der Waals surface area contributed by atoms with Crippen LogP contribution in [0.15, 0.2) is 157 Å². The molecule has 2 aliphatic carbocycles. The Morgan fingerprint density at radius 2 is 0.980 bits per heavy atom. The molecule has 0 saturated heterocycles. The molecule has 12 aromatic rings. The van der Waals surface area contributed by atoms with Gasteiger partial charge in [-0.3, -0.25) is 14.8 Å². The number of likely N-dealkylation sites (N-methyl/N-ethyl adjacent to an activating group) is 3. The molecule has 520 valence electrons. The fraction of sp³-hybridized carbons (Fsp3) is 0.393. The lowest BCUT2D eigenvalue weighted by Gasteiger charge is -2.29. The van der Waals surface area contributed by atoms with Gasteiger partial charge in [0.2, 0.25) is 5.56 Å². The van der Waals surface area contributed by atoms with E-state index in [1.807, 2.05) is 48.5 Å². The number of pyridine rings is 3. The zero-order valence-corrected chi connectivity index (χ0v) is 59.7. The number of fused-ring (bicyclic) bond motifs is 13. The topological polar surface area (TPSA) is 169 Å². The molecule has 16 heteroatoms. The molecule has 5 aromatic carbocycles. The number of aryl methyl sites for hydroxylation is 4. The maximum atomic E-state index is 11.2. The van der Waals surface area contributed by atoms with Crippen molar-refractivity contribution < 1.29 is 20.4 Å². The van der Waals surface area contributed by atoms with Gasteiger partial charge < -0.3 is 58.4 Å². The van der Waals surface area contributed by atoms with Gasteiger partial charge in [0.15, 0.2) is 0 Å². The highest BCUT2D eigenvalue weighted by Gasteiger charge is 2.30. The number of nitrogens with zero attached hydrogens (tertiary/aromatic N) is 9. The number of aliphatic hydroxyl groups excluding tert-OH is 4. The van der Waals surface area contributed by atoms with Gasteiger partial charge in [-0.1, -0.05) is 90.0 Å². The van der Waals surface area contributed by atoms with Crippen molar-refractivity contribution in [1.29, 1.82) is 0 Å². The number of benzene rings is 5. The fourth-order valence-electron chi connectivity index (χ4n) is 16.8. The van der Waals surface area contributed by atoms with E-state index >= 15 is 0 Å². The van der Waals surface area contributed by atoms with Crippen molar-refractivity contribution in [2.45, 2.75) is 168 Å². The zero-order valence-electron chi connectivity index (χ0n) is 59.0. The van der Waals surface area contributed by atoms with Crippen LogP contribution in [0.5, 0.6) is 0 Å². The first-order chi connectivity index (χ1) is 48.5. The molecular formula is C84H97ClN10O5. The maximum absolute atomic E-state index is 11.2. The molecule has 0 bridgehead atoms. The third kappa shape index (κ3) is 14.5. The number of aliphatic hydroxyl groups is 4. The molecule has 10 heterocycles. The van der Waals surface area contributed by atoms with Gasteiger partial charge in [-0.25, -0.2) is 0 Å². The van der Waals surface area contributed by atoms with Crippen LogP contribution >= 0.6 is 11.6 Å².